The van der Waals surface area contributed by atoms with E-state index >= 15 is 0 Å². The lowest BCUT2D eigenvalue weighted by molar-refractivity contribution is 0.0635. The second-order valence-corrected chi connectivity index (χ2v) is 8.74. The number of hydrogen-bond acceptors (Lipinski definition) is 5. The highest BCUT2D eigenvalue weighted by Gasteiger charge is 2.20. The van der Waals surface area contributed by atoms with E-state index in [-0.39, 0.29) is 5.91 Å². The van der Waals surface area contributed by atoms with Gasteiger partial charge < -0.3 is 10.1 Å². The van der Waals surface area contributed by atoms with Crippen molar-refractivity contribution < 1.29 is 14.3 Å². The maximum atomic E-state index is 12.6. The number of aromatic nitrogens is 1. The predicted molar refractivity (Wildman–Crippen MR) is 110 cm³/mol. The first-order valence-corrected chi connectivity index (χ1v) is 9.67. The van der Waals surface area contributed by atoms with Gasteiger partial charge in [-0.15, -0.1) is 0 Å². The van der Waals surface area contributed by atoms with Gasteiger partial charge in [-0.05, 0) is 63.8 Å². The summed E-state index contributed by atoms with van der Waals surface area (Å²) >= 11 is 1.12. The summed E-state index contributed by atoms with van der Waals surface area (Å²) in [5.74, 6) is 0.180. The van der Waals surface area contributed by atoms with Crippen LogP contribution in [0, 0.1) is 13.8 Å². The molecule has 0 aliphatic heterocycles. The van der Waals surface area contributed by atoms with E-state index in [0.717, 1.165) is 22.6 Å². The van der Waals surface area contributed by atoms with Crippen molar-refractivity contribution in [2.45, 2.75) is 60.0 Å². The molecule has 7 heteroatoms. The molecule has 0 radical (unpaired) electrons. The SMILES string of the molecule is Cc1cc(NC(=O)c2sc(NC(=O)OC(C)(C)C)nc2C)ccc1C(C)C. The van der Waals surface area contributed by atoms with Gasteiger partial charge in [0.05, 0.1) is 5.69 Å². The normalized spacial score (nSPS) is 11.4. The van der Waals surface area contributed by atoms with Crippen LogP contribution in [0.25, 0.3) is 0 Å². The van der Waals surface area contributed by atoms with E-state index in [2.05, 4.69) is 29.5 Å². The Labute approximate surface area is 164 Å². The fourth-order valence-electron chi connectivity index (χ4n) is 2.64. The molecule has 2 aromatic rings. The van der Waals surface area contributed by atoms with Crippen LogP contribution in [0.5, 0.6) is 0 Å². The molecule has 2 rings (SSSR count). The number of thiazole rings is 1. The first-order chi connectivity index (χ1) is 12.5. The van der Waals surface area contributed by atoms with Crippen molar-refractivity contribution in [3.05, 3.63) is 39.9 Å². The largest absolute Gasteiger partial charge is 0.444 e. The summed E-state index contributed by atoms with van der Waals surface area (Å²) in [4.78, 5) is 29.2. The van der Waals surface area contributed by atoms with E-state index in [9.17, 15) is 9.59 Å². The maximum Gasteiger partial charge on any atom is 0.413 e. The molecule has 27 heavy (non-hydrogen) atoms. The average molecular weight is 390 g/mol. The number of hydrogen-bond donors (Lipinski definition) is 2. The number of amides is 2. The van der Waals surface area contributed by atoms with Crippen molar-refractivity contribution in [3.8, 4) is 0 Å². The number of carbonyl (C=O) groups is 2. The zero-order chi connectivity index (χ0) is 20.4. The zero-order valence-electron chi connectivity index (χ0n) is 16.9. The second-order valence-electron chi connectivity index (χ2n) is 7.74. The van der Waals surface area contributed by atoms with Gasteiger partial charge in [-0.25, -0.2) is 9.78 Å². The van der Waals surface area contributed by atoms with E-state index < -0.39 is 11.7 Å². The molecule has 146 valence electrons. The van der Waals surface area contributed by atoms with Gasteiger partial charge in [0.1, 0.15) is 10.5 Å². The average Bonchev–Trinajstić information content (AvgIpc) is 2.85. The number of rotatable bonds is 4. The molecule has 0 aliphatic rings. The molecule has 6 nitrogen and oxygen atoms in total. The van der Waals surface area contributed by atoms with Gasteiger partial charge in [0.2, 0.25) is 0 Å². The molecule has 0 spiro atoms. The Balaban J connectivity index is 2.10. The Morgan fingerprint density at radius 2 is 1.81 bits per heavy atom. The summed E-state index contributed by atoms with van der Waals surface area (Å²) < 4.78 is 5.21. The van der Waals surface area contributed by atoms with Gasteiger partial charge in [0, 0.05) is 5.69 Å². The first-order valence-electron chi connectivity index (χ1n) is 8.85. The molecule has 2 amide bonds. The van der Waals surface area contributed by atoms with Crippen molar-refractivity contribution in [3.63, 3.8) is 0 Å². The van der Waals surface area contributed by atoms with E-state index in [1.54, 1.807) is 27.7 Å². The molecule has 1 aromatic carbocycles. The lowest BCUT2D eigenvalue weighted by atomic mass is 9.98. The van der Waals surface area contributed by atoms with Crippen LogP contribution in [-0.4, -0.2) is 22.6 Å². The van der Waals surface area contributed by atoms with Gasteiger partial charge in [0.15, 0.2) is 5.13 Å². The molecule has 1 heterocycles. The monoisotopic (exact) mass is 389 g/mol. The van der Waals surface area contributed by atoms with Crippen LogP contribution >= 0.6 is 11.3 Å². The number of benzene rings is 1. The summed E-state index contributed by atoms with van der Waals surface area (Å²) in [5, 5.41) is 5.80. The second kappa shape index (κ2) is 8.08. The number of ether oxygens (including phenoxy) is 1. The number of carbonyl (C=O) groups excluding carboxylic acids is 2. The van der Waals surface area contributed by atoms with E-state index in [0.29, 0.717) is 21.6 Å². The zero-order valence-corrected chi connectivity index (χ0v) is 17.7. The summed E-state index contributed by atoms with van der Waals surface area (Å²) in [6, 6.07) is 5.89. The van der Waals surface area contributed by atoms with Gasteiger partial charge >= 0.3 is 6.09 Å². The van der Waals surface area contributed by atoms with Crippen LogP contribution in [-0.2, 0) is 4.74 Å². The topological polar surface area (TPSA) is 80.3 Å². The van der Waals surface area contributed by atoms with Gasteiger partial charge in [-0.3, -0.25) is 10.1 Å². The van der Waals surface area contributed by atoms with Gasteiger partial charge in [-0.1, -0.05) is 31.3 Å². The lowest BCUT2D eigenvalue weighted by Gasteiger charge is -2.18. The van der Waals surface area contributed by atoms with Crippen LogP contribution in [0.15, 0.2) is 18.2 Å². The third-order valence-corrected chi connectivity index (χ3v) is 4.83. The Kier molecular flexibility index (Phi) is 6.26. The van der Waals surface area contributed by atoms with E-state index in [1.807, 2.05) is 25.1 Å². The molecule has 0 unspecified atom stereocenters. The van der Waals surface area contributed by atoms with Crippen molar-refractivity contribution in [1.29, 1.82) is 0 Å². The minimum Gasteiger partial charge on any atom is -0.444 e. The van der Waals surface area contributed by atoms with Crippen LogP contribution in [0.2, 0.25) is 0 Å². The predicted octanol–water partition coefficient (Wildman–Crippen LogP) is 5.48. The summed E-state index contributed by atoms with van der Waals surface area (Å²) in [7, 11) is 0. The molecule has 0 saturated carbocycles. The fourth-order valence-corrected chi connectivity index (χ4v) is 3.49. The summed E-state index contributed by atoms with van der Waals surface area (Å²) in [6.45, 7) is 13.4. The molecule has 0 atom stereocenters. The Morgan fingerprint density at radius 1 is 1.15 bits per heavy atom. The van der Waals surface area contributed by atoms with E-state index in [4.69, 9.17) is 4.74 Å². The highest BCUT2D eigenvalue weighted by molar-refractivity contribution is 7.17. The first kappa shape index (κ1) is 20.9. The highest BCUT2D eigenvalue weighted by Crippen LogP contribution is 2.26. The minimum atomic E-state index is -0.601. The van der Waals surface area contributed by atoms with Crippen molar-refractivity contribution in [2.75, 3.05) is 10.6 Å². The smallest absolute Gasteiger partial charge is 0.413 e. The van der Waals surface area contributed by atoms with Gasteiger partial charge in [-0.2, -0.15) is 0 Å². The molecule has 0 saturated heterocycles. The molecule has 0 fully saturated rings. The van der Waals surface area contributed by atoms with Crippen LogP contribution < -0.4 is 10.6 Å². The van der Waals surface area contributed by atoms with Crippen molar-refractivity contribution in [2.24, 2.45) is 0 Å². The Morgan fingerprint density at radius 3 is 2.37 bits per heavy atom. The van der Waals surface area contributed by atoms with Crippen molar-refractivity contribution in [1.82, 2.24) is 4.98 Å². The fraction of sp³-hybridized carbons (Fsp3) is 0.450. The van der Waals surface area contributed by atoms with Crippen LogP contribution in [0.3, 0.4) is 0 Å². The molecule has 0 aliphatic carbocycles. The Hall–Kier alpha value is -2.41. The number of anilines is 2. The number of nitrogens with zero attached hydrogens (tertiary/aromatic N) is 1. The lowest BCUT2D eigenvalue weighted by Crippen LogP contribution is -2.27. The third-order valence-electron chi connectivity index (χ3n) is 3.76. The maximum absolute atomic E-state index is 12.6. The quantitative estimate of drug-likeness (QED) is 0.725. The number of aryl methyl sites for hydroxylation is 2. The van der Waals surface area contributed by atoms with Crippen molar-refractivity contribution >= 4 is 34.2 Å². The summed E-state index contributed by atoms with van der Waals surface area (Å²) in [6.07, 6.45) is -0.594. The number of nitrogens with one attached hydrogen (secondary N) is 2. The van der Waals surface area contributed by atoms with Crippen LogP contribution in [0.4, 0.5) is 15.6 Å². The van der Waals surface area contributed by atoms with E-state index in [1.165, 1.54) is 5.56 Å². The molecular weight excluding hydrogens is 362 g/mol. The minimum absolute atomic E-state index is 0.251. The summed E-state index contributed by atoms with van der Waals surface area (Å²) in [5.41, 5.74) is 3.08. The molecule has 2 N–H and O–H groups in total. The van der Waals surface area contributed by atoms with Crippen LogP contribution in [0.1, 0.15) is 67.0 Å². The standard InChI is InChI=1S/C20H27N3O3S/c1-11(2)15-9-8-14(10-12(15)3)22-17(24)16-13(4)21-18(27-16)23-19(25)26-20(5,6)7/h8-11H,1-7H3,(H,22,24)(H,21,23,25). The molecular formula is C20H27N3O3S. The third kappa shape index (κ3) is 5.79. The molecule has 1 aromatic heterocycles. The molecule has 0 bridgehead atoms. The Bertz CT molecular complexity index is 851. The highest BCUT2D eigenvalue weighted by atomic mass is 32.1. The van der Waals surface area contributed by atoms with Gasteiger partial charge in [0.25, 0.3) is 5.91 Å².